The maximum atomic E-state index is 2.42. The molecule has 2 nitrogen and oxygen atoms in total. The molecule has 28 heavy (non-hydrogen) atoms. The number of pyridine rings is 1. The van der Waals surface area contributed by atoms with Crippen LogP contribution in [0, 0.1) is 6.92 Å². The number of nitrogens with zero attached hydrogens (tertiary/aromatic N) is 2. The van der Waals surface area contributed by atoms with Gasteiger partial charge >= 0.3 is 0 Å². The number of aromatic nitrogens is 2. The van der Waals surface area contributed by atoms with Gasteiger partial charge in [0.25, 0.3) is 0 Å². The fraction of sp³-hybridized carbons (Fsp3) is 0.115. The molecule has 0 fully saturated rings. The fourth-order valence-electron chi connectivity index (χ4n) is 5.05. The van der Waals surface area contributed by atoms with Crippen molar-refractivity contribution in [2.24, 2.45) is 7.05 Å². The van der Waals surface area contributed by atoms with Gasteiger partial charge in [0, 0.05) is 11.8 Å². The van der Waals surface area contributed by atoms with E-state index in [9.17, 15) is 0 Å². The van der Waals surface area contributed by atoms with Crippen LogP contribution in [0.25, 0.3) is 38.8 Å². The zero-order chi connectivity index (χ0) is 18.8. The highest BCUT2D eigenvalue weighted by Crippen LogP contribution is 2.44. The summed E-state index contributed by atoms with van der Waals surface area (Å²) in [5.74, 6) is 0. The van der Waals surface area contributed by atoms with Crippen molar-refractivity contribution >= 4 is 21.9 Å². The van der Waals surface area contributed by atoms with Gasteiger partial charge in [-0.3, -0.25) is 0 Å². The van der Waals surface area contributed by atoms with Crippen LogP contribution in [0.3, 0.4) is 0 Å². The predicted octanol–water partition coefficient (Wildman–Crippen LogP) is 5.49. The van der Waals surface area contributed by atoms with E-state index in [1.807, 2.05) is 0 Å². The first-order valence-corrected chi connectivity index (χ1v) is 9.83. The van der Waals surface area contributed by atoms with Gasteiger partial charge in [-0.05, 0) is 65.4 Å². The highest BCUT2D eigenvalue weighted by molar-refractivity contribution is 6.10. The first-order chi connectivity index (χ1) is 13.7. The van der Waals surface area contributed by atoms with E-state index in [0.29, 0.717) is 0 Å². The van der Waals surface area contributed by atoms with Crippen molar-refractivity contribution in [2.45, 2.75) is 13.3 Å². The molecule has 0 radical (unpaired) electrons. The highest BCUT2D eigenvalue weighted by atomic mass is 15.0. The lowest BCUT2D eigenvalue weighted by Gasteiger charge is -2.10. The van der Waals surface area contributed by atoms with Gasteiger partial charge in [-0.1, -0.05) is 42.5 Å². The van der Waals surface area contributed by atoms with Crippen molar-refractivity contribution in [3.8, 4) is 16.8 Å². The van der Waals surface area contributed by atoms with Crippen molar-refractivity contribution in [1.82, 2.24) is 4.57 Å². The van der Waals surface area contributed by atoms with Crippen LogP contribution in [-0.2, 0) is 13.5 Å². The third kappa shape index (κ3) is 1.95. The van der Waals surface area contributed by atoms with E-state index in [1.54, 1.807) is 0 Å². The molecule has 5 aromatic rings. The van der Waals surface area contributed by atoms with E-state index in [1.165, 1.54) is 55.4 Å². The monoisotopic (exact) mass is 361 g/mol. The minimum absolute atomic E-state index is 1.02. The molecule has 0 saturated heterocycles. The molecule has 1 aliphatic rings. The lowest BCUT2D eigenvalue weighted by atomic mass is 9.96. The maximum Gasteiger partial charge on any atom is 0.239 e. The Morgan fingerprint density at radius 1 is 0.821 bits per heavy atom. The lowest BCUT2D eigenvalue weighted by Crippen LogP contribution is -2.27. The molecule has 0 spiro atoms. The van der Waals surface area contributed by atoms with Crippen molar-refractivity contribution in [2.75, 3.05) is 0 Å². The summed E-state index contributed by atoms with van der Waals surface area (Å²) in [7, 11) is 2.15. The minimum Gasteiger partial charge on any atom is -0.304 e. The van der Waals surface area contributed by atoms with E-state index < -0.39 is 0 Å². The summed E-state index contributed by atoms with van der Waals surface area (Å²) in [6.07, 6.45) is 3.17. The van der Waals surface area contributed by atoms with Crippen molar-refractivity contribution in [3.63, 3.8) is 0 Å². The number of benzene rings is 3. The standard InChI is InChI=1S/C26H21N2/c1-17-24-19(15-18-9-6-7-12-21(18)24)16-23-25(17)26-22(13-8-14-27(26)2)28(23)20-10-4-3-5-11-20/h3-14,16H,15H2,1-2H3/q+1. The molecule has 0 aliphatic heterocycles. The molecule has 0 amide bonds. The van der Waals surface area contributed by atoms with Gasteiger partial charge in [-0.2, -0.15) is 4.57 Å². The Kier molecular flexibility index (Phi) is 3.10. The first kappa shape index (κ1) is 15.6. The van der Waals surface area contributed by atoms with Gasteiger partial charge < -0.3 is 4.57 Å². The molecule has 1 aliphatic carbocycles. The van der Waals surface area contributed by atoms with E-state index >= 15 is 0 Å². The van der Waals surface area contributed by atoms with Crippen molar-refractivity contribution in [1.29, 1.82) is 0 Å². The first-order valence-electron chi connectivity index (χ1n) is 9.83. The van der Waals surface area contributed by atoms with Crippen molar-refractivity contribution in [3.05, 3.63) is 95.7 Å². The summed E-state index contributed by atoms with van der Waals surface area (Å²) in [6, 6.07) is 26.4. The largest absolute Gasteiger partial charge is 0.304 e. The minimum atomic E-state index is 1.02. The smallest absolute Gasteiger partial charge is 0.239 e. The number of hydrogen-bond donors (Lipinski definition) is 0. The van der Waals surface area contributed by atoms with Crippen molar-refractivity contribution < 1.29 is 4.57 Å². The number of para-hydroxylation sites is 1. The Hall–Kier alpha value is -3.39. The molecule has 3 aromatic carbocycles. The molecule has 0 saturated carbocycles. The van der Waals surface area contributed by atoms with Gasteiger partial charge in [0.15, 0.2) is 6.20 Å². The third-order valence-electron chi connectivity index (χ3n) is 6.20. The van der Waals surface area contributed by atoms with E-state index in [-0.39, 0.29) is 0 Å². The van der Waals surface area contributed by atoms with Crippen LogP contribution < -0.4 is 4.57 Å². The van der Waals surface area contributed by atoms with Gasteiger partial charge in [0.1, 0.15) is 12.6 Å². The van der Waals surface area contributed by atoms with Crippen LogP contribution in [-0.4, -0.2) is 4.57 Å². The van der Waals surface area contributed by atoms with E-state index in [0.717, 1.165) is 6.42 Å². The van der Waals surface area contributed by atoms with E-state index in [4.69, 9.17) is 0 Å². The molecule has 2 aromatic heterocycles. The second-order valence-corrected chi connectivity index (χ2v) is 7.79. The number of fused-ring (bicyclic) bond motifs is 6. The van der Waals surface area contributed by atoms with Gasteiger partial charge in [-0.15, -0.1) is 0 Å². The number of aryl methyl sites for hydroxylation is 2. The molecule has 2 heteroatoms. The molecular weight excluding hydrogens is 340 g/mol. The maximum absolute atomic E-state index is 2.42. The average Bonchev–Trinajstić information content (AvgIpc) is 3.25. The quantitative estimate of drug-likeness (QED) is 0.343. The second-order valence-electron chi connectivity index (χ2n) is 7.79. The summed E-state index contributed by atoms with van der Waals surface area (Å²) in [6.45, 7) is 2.30. The number of hydrogen-bond acceptors (Lipinski definition) is 0. The normalized spacial score (nSPS) is 12.5. The zero-order valence-electron chi connectivity index (χ0n) is 16.1. The lowest BCUT2D eigenvalue weighted by molar-refractivity contribution is -0.644. The SMILES string of the molecule is Cc1c2c(cc3c1c1c(ccc[n+]1C)n3-c1ccccc1)Cc1ccccc1-2. The Bertz CT molecular complexity index is 1390. The topological polar surface area (TPSA) is 8.81 Å². The Labute approximate surface area is 164 Å². The van der Waals surface area contributed by atoms with Crippen LogP contribution in [0.4, 0.5) is 0 Å². The summed E-state index contributed by atoms with van der Waals surface area (Å²) in [4.78, 5) is 0. The molecule has 0 atom stereocenters. The Morgan fingerprint density at radius 2 is 1.61 bits per heavy atom. The molecule has 6 rings (SSSR count). The molecule has 0 unspecified atom stereocenters. The van der Waals surface area contributed by atoms with Gasteiger partial charge in [0.2, 0.25) is 5.52 Å². The summed E-state index contributed by atoms with van der Waals surface area (Å²) >= 11 is 0. The predicted molar refractivity (Wildman–Crippen MR) is 115 cm³/mol. The zero-order valence-corrected chi connectivity index (χ0v) is 16.1. The van der Waals surface area contributed by atoms with E-state index in [2.05, 4.69) is 102 Å². The van der Waals surface area contributed by atoms with Crippen LogP contribution >= 0.6 is 0 Å². The molecule has 134 valence electrons. The molecule has 0 bridgehead atoms. The average molecular weight is 361 g/mol. The van der Waals surface area contributed by atoms with Crippen LogP contribution in [0.2, 0.25) is 0 Å². The molecule has 2 heterocycles. The Balaban J connectivity index is 1.83. The van der Waals surface area contributed by atoms with Gasteiger partial charge in [-0.25, -0.2) is 0 Å². The second kappa shape index (κ2) is 5.56. The third-order valence-corrected chi connectivity index (χ3v) is 6.20. The van der Waals surface area contributed by atoms with Crippen LogP contribution in [0.15, 0.2) is 79.0 Å². The highest BCUT2D eigenvalue weighted by Gasteiger charge is 2.27. The summed E-state index contributed by atoms with van der Waals surface area (Å²) in [5.41, 5.74) is 12.2. The van der Waals surface area contributed by atoms with Crippen LogP contribution in [0.1, 0.15) is 16.7 Å². The number of rotatable bonds is 1. The Morgan fingerprint density at radius 3 is 2.46 bits per heavy atom. The molecular formula is C26H21N2+. The molecule has 0 N–H and O–H groups in total. The van der Waals surface area contributed by atoms with Gasteiger partial charge in [0.05, 0.1) is 10.9 Å². The summed E-state index contributed by atoms with van der Waals surface area (Å²) in [5, 5.41) is 1.36. The van der Waals surface area contributed by atoms with Crippen LogP contribution in [0.5, 0.6) is 0 Å². The summed E-state index contributed by atoms with van der Waals surface area (Å²) < 4.78 is 4.68. The fourth-order valence-corrected chi connectivity index (χ4v) is 5.05.